The van der Waals surface area contributed by atoms with Gasteiger partial charge in [0.2, 0.25) is 0 Å². The summed E-state index contributed by atoms with van der Waals surface area (Å²) in [7, 11) is 0. The molecule has 1 fully saturated rings. The van der Waals surface area contributed by atoms with Gasteiger partial charge in [0.25, 0.3) is 0 Å². The second-order valence-corrected chi connectivity index (χ2v) is 5.47. The summed E-state index contributed by atoms with van der Waals surface area (Å²) in [5.74, 6) is 0. The Morgan fingerprint density at radius 3 is 2.67 bits per heavy atom. The van der Waals surface area contributed by atoms with Crippen LogP contribution < -0.4 is 5.32 Å². The van der Waals surface area contributed by atoms with Gasteiger partial charge in [-0.15, -0.1) is 12.4 Å². The molecule has 0 unspecified atom stereocenters. The van der Waals surface area contributed by atoms with Crippen molar-refractivity contribution >= 4 is 39.9 Å². The van der Waals surface area contributed by atoms with Crippen molar-refractivity contribution in [1.29, 1.82) is 0 Å². The number of rotatable bonds is 3. The van der Waals surface area contributed by atoms with Gasteiger partial charge in [-0.1, -0.05) is 27.5 Å². The Bertz CT molecular complexity index is 386. The predicted molar refractivity (Wildman–Crippen MR) is 80.7 cm³/mol. The van der Waals surface area contributed by atoms with E-state index < -0.39 is 0 Å². The fraction of sp³-hybridized carbons (Fsp3) is 0.500. The molecule has 1 aromatic carbocycles. The topological polar surface area (TPSA) is 35.5 Å². The Kier molecular flexibility index (Phi) is 6.92. The number of aliphatic hydroxyl groups is 1. The number of nitrogens with zero attached hydrogens (tertiary/aromatic N) is 1. The second kappa shape index (κ2) is 7.68. The van der Waals surface area contributed by atoms with Crippen molar-refractivity contribution in [1.82, 2.24) is 10.2 Å². The largest absolute Gasteiger partial charge is 0.394 e. The maximum Gasteiger partial charge on any atom is 0.0629 e. The lowest BCUT2D eigenvalue weighted by atomic mass is 10.1. The van der Waals surface area contributed by atoms with Crippen LogP contribution in [0.4, 0.5) is 0 Å². The Balaban J connectivity index is 0.00000162. The van der Waals surface area contributed by atoms with Crippen molar-refractivity contribution in [3.05, 3.63) is 33.3 Å². The Morgan fingerprint density at radius 2 is 2.06 bits per heavy atom. The molecule has 1 aromatic rings. The molecule has 0 aromatic heterocycles. The summed E-state index contributed by atoms with van der Waals surface area (Å²) >= 11 is 9.66. The lowest BCUT2D eigenvalue weighted by molar-refractivity contribution is 0.111. The molecule has 102 valence electrons. The molecule has 1 atom stereocenters. The molecule has 6 heteroatoms. The average molecular weight is 356 g/mol. The molecule has 0 amide bonds. The van der Waals surface area contributed by atoms with Crippen molar-refractivity contribution < 1.29 is 5.11 Å². The first-order valence-corrected chi connectivity index (χ1v) is 6.90. The van der Waals surface area contributed by atoms with Gasteiger partial charge in [0, 0.05) is 35.7 Å². The summed E-state index contributed by atoms with van der Waals surface area (Å²) < 4.78 is 0.991. The van der Waals surface area contributed by atoms with E-state index in [1.165, 1.54) is 0 Å². The third kappa shape index (κ3) is 3.83. The van der Waals surface area contributed by atoms with Gasteiger partial charge in [0.15, 0.2) is 0 Å². The highest BCUT2D eigenvalue weighted by atomic mass is 79.9. The van der Waals surface area contributed by atoms with Crippen molar-refractivity contribution in [3.63, 3.8) is 0 Å². The molecule has 18 heavy (non-hydrogen) atoms. The van der Waals surface area contributed by atoms with Crippen LogP contribution in [0, 0.1) is 0 Å². The predicted octanol–water partition coefficient (Wildman–Crippen LogP) is 2.46. The van der Waals surface area contributed by atoms with Gasteiger partial charge in [0.1, 0.15) is 0 Å². The minimum Gasteiger partial charge on any atom is -0.394 e. The van der Waals surface area contributed by atoms with E-state index in [0.717, 1.165) is 36.2 Å². The fourth-order valence-electron chi connectivity index (χ4n) is 2.17. The zero-order valence-corrected chi connectivity index (χ0v) is 13.1. The highest BCUT2D eigenvalue weighted by Gasteiger charge is 2.23. The molecule has 0 spiro atoms. The summed E-state index contributed by atoms with van der Waals surface area (Å²) in [5, 5.41) is 13.6. The zero-order chi connectivity index (χ0) is 12.3. The van der Waals surface area contributed by atoms with Crippen LogP contribution >= 0.6 is 39.9 Å². The molecule has 0 aliphatic carbocycles. The minimum absolute atomic E-state index is 0. The van der Waals surface area contributed by atoms with Gasteiger partial charge in [-0.25, -0.2) is 0 Å². The number of hydrogen-bond donors (Lipinski definition) is 2. The Labute approximate surface area is 127 Å². The number of aliphatic hydroxyl groups excluding tert-OH is 1. The van der Waals surface area contributed by atoms with E-state index in [1.54, 1.807) is 0 Å². The van der Waals surface area contributed by atoms with Gasteiger partial charge < -0.3 is 10.4 Å². The van der Waals surface area contributed by atoms with Gasteiger partial charge >= 0.3 is 0 Å². The molecule has 2 N–H and O–H groups in total. The van der Waals surface area contributed by atoms with E-state index in [1.807, 2.05) is 18.2 Å². The van der Waals surface area contributed by atoms with Gasteiger partial charge in [-0.05, 0) is 23.8 Å². The molecule has 1 saturated heterocycles. The van der Waals surface area contributed by atoms with Gasteiger partial charge in [-0.2, -0.15) is 0 Å². The van der Waals surface area contributed by atoms with Crippen molar-refractivity contribution in [2.75, 3.05) is 32.8 Å². The molecular formula is C12H17BrCl2N2O. The maximum absolute atomic E-state index is 9.61. The summed E-state index contributed by atoms with van der Waals surface area (Å²) in [6, 6.07) is 5.76. The van der Waals surface area contributed by atoms with Crippen LogP contribution in [0.3, 0.4) is 0 Å². The lowest BCUT2D eigenvalue weighted by Crippen LogP contribution is -2.46. The molecule has 0 radical (unpaired) electrons. The third-order valence-corrected chi connectivity index (χ3v) is 3.92. The molecule has 0 saturated carbocycles. The summed E-state index contributed by atoms with van der Waals surface area (Å²) in [6.07, 6.45) is 0. The minimum atomic E-state index is -0.0119. The molecular weight excluding hydrogens is 339 g/mol. The maximum atomic E-state index is 9.61. The monoisotopic (exact) mass is 354 g/mol. The van der Waals surface area contributed by atoms with Gasteiger partial charge in [-0.3, -0.25) is 4.90 Å². The summed E-state index contributed by atoms with van der Waals surface area (Å²) in [4.78, 5) is 2.27. The fourth-order valence-corrected chi connectivity index (χ4v) is 2.80. The number of benzene rings is 1. The highest BCUT2D eigenvalue weighted by Crippen LogP contribution is 2.30. The van der Waals surface area contributed by atoms with Crippen LogP contribution in [-0.4, -0.2) is 42.8 Å². The van der Waals surface area contributed by atoms with Crippen molar-refractivity contribution in [3.8, 4) is 0 Å². The van der Waals surface area contributed by atoms with Crippen LogP contribution in [0.15, 0.2) is 22.7 Å². The molecule has 1 heterocycles. The number of hydrogen-bond acceptors (Lipinski definition) is 3. The molecule has 3 nitrogen and oxygen atoms in total. The van der Waals surface area contributed by atoms with Crippen LogP contribution in [0.2, 0.25) is 5.02 Å². The lowest BCUT2D eigenvalue weighted by Gasteiger charge is -2.34. The highest BCUT2D eigenvalue weighted by molar-refractivity contribution is 9.10. The summed E-state index contributed by atoms with van der Waals surface area (Å²) in [5.41, 5.74) is 0.991. The van der Waals surface area contributed by atoms with Gasteiger partial charge in [0.05, 0.1) is 12.6 Å². The first kappa shape index (κ1) is 16.2. The molecule has 1 aliphatic heterocycles. The van der Waals surface area contributed by atoms with E-state index in [4.69, 9.17) is 11.6 Å². The number of halogens is 3. The van der Waals surface area contributed by atoms with Crippen molar-refractivity contribution in [2.24, 2.45) is 0 Å². The number of nitrogens with one attached hydrogen (secondary N) is 1. The van der Waals surface area contributed by atoms with Crippen molar-refractivity contribution in [2.45, 2.75) is 6.04 Å². The molecule has 0 bridgehead atoms. The standard InChI is InChI=1S/C12H16BrClN2O.ClH/c13-9-1-2-11(14)10(7-9)12(8-17)16-5-3-15-4-6-16;/h1-2,7,12,15,17H,3-6,8H2;1H/t12-;/m1./s1. The van der Waals surface area contributed by atoms with E-state index >= 15 is 0 Å². The van der Waals surface area contributed by atoms with E-state index in [0.29, 0.717) is 5.02 Å². The quantitative estimate of drug-likeness (QED) is 0.874. The molecule has 1 aliphatic rings. The smallest absolute Gasteiger partial charge is 0.0629 e. The average Bonchev–Trinajstić information content (AvgIpc) is 2.36. The van der Waals surface area contributed by atoms with Crippen LogP contribution in [0.5, 0.6) is 0 Å². The van der Waals surface area contributed by atoms with E-state index in [2.05, 4.69) is 26.1 Å². The third-order valence-electron chi connectivity index (χ3n) is 3.08. The van der Waals surface area contributed by atoms with E-state index in [-0.39, 0.29) is 25.1 Å². The second-order valence-electron chi connectivity index (χ2n) is 4.15. The normalized spacial score (nSPS) is 18.2. The SMILES string of the molecule is Cl.OC[C@H](c1cc(Br)ccc1Cl)N1CCNCC1. The van der Waals surface area contributed by atoms with Crippen LogP contribution in [-0.2, 0) is 0 Å². The van der Waals surface area contributed by atoms with Crippen LogP contribution in [0.25, 0.3) is 0 Å². The first-order valence-electron chi connectivity index (χ1n) is 5.73. The van der Waals surface area contributed by atoms with E-state index in [9.17, 15) is 5.11 Å². The number of piperazine rings is 1. The Morgan fingerprint density at radius 1 is 1.39 bits per heavy atom. The zero-order valence-electron chi connectivity index (χ0n) is 9.90. The van der Waals surface area contributed by atoms with Crippen LogP contribution in [0.1, 0.15) is 11.6 Å². The summed E-state index contributed by atoms with van der Waals surface area (Å²) in [6.45, 7) is 3.89. The molecule has 2 rings (SSSR count). The Hall–Kier alpha value is 0.160. The first-order chi connectivity index (χ1) is 8.22.